The van der Waals surface area contributed by atoms with E-state index in [9.17, 15) is 0 Å². The van der Waals surface area contributed by atoms with Gasteiger partial charge in [-0.1, -0.05) is 30.3 Å². The second-order valence-corrected chi connectivity index (χ2v) is 5.52. The van der Waals surface area contributed by atoms with Gasteiger partial charge in [0.15, 0.2) is 0 Å². The molecular weight excluding hydrogens is 304 g/mol. The van der Waals surface area contributed by atoms with Crippen molar-refractivity contribution >= 4 is 15.9 Å². The van der Waals surface area contributed by atoms with E-state index in [1.807, 2.05) is 36.9 Å². The van der Waals surface area contributed by atoms with Crippen molar-refractivity contribution in [1.82, 2.24) is 15.2 Å². The molecule has 1 aromatic carbocycles. The zero-order chi connectivity index (χ0) is 13.8. The zero-order valence-corrected chi connectivity index (χ0v) is 12.8. The van der Waals surface area contributed by atoms with Crippen LogP contribution in [0.4, 0.5) is 0 Å². The molecule has 1 atom stereocenters. The number of hydrogen-bond donors (Lipinski definition) is 2. The molecule has 0 fully saturated rings. The Bertz CT molecular complexity index is 536. The van der Waals surface area contributed by atoms with Gasteiger partial charge in [-0.2, -0.15) is 5.10 Å². The molecule has 0 amide bonds. The third-order valence-electron chi connectivity index (χ3n) is 3.26. The topological polar surface area (TPSA) is 55.9 Å². The second-order valence-electron chi connectivity index (χ2n) is 4.73. The summed E-state index contributed by atoms with van der Waals surface area (Å²) in [7, 11) is 1.96. The first-order valence-corrected chi connectivity index (χ1v) is 7.09. The number of hydrogen-bond acceptors (Lipinski definition) is 3. The molecule has 19 heavy (non-hydrogen) atoms. The molecule has 0 spiro atoms. The number of nitrogens with one attached hydrogen (secondary N) is 1. The van der Waals surface area contributed by atoms with Crippen LogP contribution in [0.25, 0.3) is 0 Å². The number of hydrazine groups is 1. The minimum atomic E-state index is 0.188. The Morgan fingerprint density at radius 1 is 1.32 bits per heavy atom. The molecule has 0 saturated heterocycles. The van der Waals surface area contributed by atoms with Crippen molar-refractivity contribution in [2.75, 3.05) is 0 Å². The van der Waals surface area contributed by atoms with Gasteiger partial charge in [0.25, 0.3) is 0 Å². The summed E-state index contributed by atoms with van der Waals surface area (Å²) in [5.74, 6) is 5.68. The summed E-state index contributed by atoms with van der Waals surface area (Å²) in [4.78, 5) is 0. The lowest BCUT2D eigenvalue weighted by Crippen LogP contribution is -2.39. The van der Waals surface area contributed by atoms with Gasteiger partial charge in [0.05, 0.1) is 15.9 Å². The van der Waals surface area contributed by atoms with Gasteiger partial charge in [-0.25, -0.2) is 0 Å². The fourth-order valence-corrected chi connectivity index (χ4v) is 2.72. The van der Waals surface area contributed by atoms with Gasteiger partial charge in [-0.05, 0) is 34.8 Å². The number of nitrogens with zero attached hydrogens (tertiary/aromatic N) is 2. The molecule has 0 aliphatic carbocycles. The quantitative estimate of drug-likeness (QED) is 0.654. The van der Waals surface area contributed by atoms with Gasteiger partial charge in [-0.15, -0.1) is 0 Å². The predicted octanol–water partition coefficient (Wildman–Crippen LogP) is 2.11. The molecule has 1 unspecified atom stereocenters. The van der Waals surface area contributed by atoms with Crippen LogP contribution >= 0.6 is 15.9 Å². The smallest absolute Gasteiger partial charge is 0.0738 e. The maximum atomic E-state index is 5.68. The van der Waals surface area contributed by atoms with Crippen LogP contribution in [0.15, 0.2) is 34.8 Å². The van der Waals surface area contributed by atoms with Crippen molar-refractivity contribution in [1.29, 1.82) is 0 Å². The highest BCUT2D eigenvalue weighted by molar-refractivity contribution is 9.10. The fraction of sp³-hybridized carbons (Fsp3) is 0.357. The van der Waals surface area contributed by atoms with Crippen LogP contribution in [0.1, 0.15) is 17.0 Å². The summed E-state index contributed by atoms with van der Waals surface area (Å²) in [5.41, 5.74) is 6.35. The first-order valence-electron chi connectivity index (χ1n) is 6.30. The van der Waals surface area contributed by atoms with Gasteiger partial charge in [0, 0.05) is 19.5 Å². The van der Waals surface area contributed by atoms with Crippen LogP contribution in [0, 0.1) is 6.92 Å². The van der Waals surface area contributed by atoms with Crippen LogP contribution in [0.2, 0.25) is 0 Å². The van der Waals surface area contributed by atoms with Crippen molar-refractivity contribution in [3.63, 3.8) is 0 Å². The van der Waals surface area contributed by atoms with Crippen molar-refractivity contribution in [2.45, 2.75) is 25.8 Å². The number of rotatable bonds is 5. The minimum absolute atomic E-state index is 0.188. The highest BCUT2D eigenvalue weighted by Crippen LogP contribution is 2.22. The summed E-state index contributed by atoms with van der Waals surface area (Å²) >= 11 is 3.59. The normalized spacial score (nSPS) is 12.6. The summed E-state index contributed by atoms with van der Waals surface area (Å²) in [6, 6.07) is 10.5. The monoisotopic (exact) mass is 322 g/mol. The van der Waals surface area contributed by atoms with Crippen molar-refractivity contribution in [3.05, 3.63) is 51.8 Å². The lowest BCUT2D eigenvalue weighted by Gasteiger charge is -2.16. The predicted molar refractivity (Wildman–Crippen MR) is 80.6 cm³/mol. The average Bonchev–Trinajstić information content (AvgIpc) is 2.65. The Hall–Kier alpha value is -1.17. The largest absolute Gasteiger partial charge is 0.271 e. The third-order valence-corrected chi connectivity index (χ3v) is 4.29. The maximum absolute atomic E-state index is 5.68. The van der Waals surface area contributed by atoms with Crippen LogP contribution in [0.3, 0.4) is 0 Å². The molecule has 3 N–H and O–H groups in total. The van der Waals surface area contributed by atoms with Gasteiger partial charge >= 0.3 is 0 Å². The Balaban J connectivity index is 2.11. The number of aromatic nitrogens is 2. The first kappa shape index (κ1) is 14.2. The number of benzene rings is 1. The summed E-state index contributed by atoms with van der Waals surface area (Å²) < 4.78 is 2.98. The van der Waals surface area contributed by atoms with E-state index in [-0.39, 0.29) is 6.04 Å². The van der Waals surface area contributed by atoms with Gasteiger partial charge < -0.3 is 0 Å². The van der Waals surface area contributed by atoms with E-state index in [2.05, 4.69) is 38.6 Å². The Morgan fingerprint density at radius 2 is 2.00 bits per heavy atom. The number of nitrogens with two attached hydrogens (primary N) is 1. The van der Waals surface area contributed by atoms with Crippen molar-refractivity contribution in [2.24, 2.45) is 12.9 Å². The average molecular weight is 323 g/mol. The van der Waals surface area contributed by atoms with E-state index in [0.29, 0.717) is 0 Å². The lowest BCUT2D eigenvalue weighted by molar-refractivity contribution is 0.504. The van der Waals surface area contributed by atoms with E-state index in [0.717, 1.165) is 28.7 Å². The molecule has 0 saturated carbocycles. The Morgan fingerprint density at radius 3 is 2.53 bits per heavy atom. The molecule has 1 aromatic heterocycles. The Labute approximate surface area is 122 Å². The molecule has 102 valence electrons. The molecule has 4 nitrogen and oxygen atoms in total. The Kier molecular flexibility index (Phi) is 4.74. The highest BCUT2D eigenvalue weighted by atomic mass is 79.9. The van der Waals surface area contributed by atoms with Crippen LogP contribution in [-0.2, 0) is 19.9 Å². The lowest BCUT2D eigenvalue weighted by atomic mass is 10.0. The van der Waals surface area contributed by atoms with E-state index < -0.39 is 0 Å². The molecule has 2 rings (SSSR count). The molecule has 0 aliphatic heterocycles. The summed E-state index contributed by atoms with van der Waals surface area (Å²) in [6.45, 7) is 2.00. The second kappa shape index (κ2) is 6.32. The van der Waals surface area contributed by atoms with Gasteiger partial charge in [0.2, 0.25) is 0 Å². The van der Waals surface area contributed by atoms with E-state index in [1.165, 1.54) is 5.56 Å². The molecular formula is C14H19BrN4. The fourth-order valence-electron chi connectivity index (χ4n) is 2.22. The molecule has 2 aromatic rings. The van der Waals surface area contributed by atoms with Gasteiger partial charge in [0.1, 0.15) is 0 Å². The highest BCUT2D eigenvalue weighted by Gasteiger charge is 2.16. The minimum Gasteiger partial charge on any atom is -0.271 e. The summed E-state index contributed by atoms with van der Waals surface area (Å²) in [6.07, 6.45) is 1.73. The number of aryl methyl sites for hydroxylation is 2. The van der Waals surface area contributed by atoms with Crippen LogP contribution in [0.5, 0.6) is 0 Å². The zero-order valence-electron chi connectivity index (χ0n) is 11.2. The standard InChI is InChI=1S/C14H19BrN4/c1-10-14(15)13(19(2)18-10)9-12(17-16)8-11-6-4-3-5-7-11/h3-7,12,17H,8-9,16H2,1-2H3. The van der Waals surface area contributed by atoms with Gasteiger partial charge in [-0.3, -0.25) is 16.0 Å². The molecule has 0 bridgehead atoms. The maximum Gasteiger partial charge on any atom is 0.0738 e. The molecule has 0 aliphatic rings. The van der Waals surface area contributed by atoms with E-state index in [4.69, 9.17) is 5.84 Å². The van der Waals surface area contributed by atoms with Crippen LogP contribution < -0.4 is 11.3 Å². The van der Waals surface area contributed by atoms with E-state index >= 15 is 0 Å². The summed E-state index contributed by atoms with van der Waals surface area (Å²) in [5, 5.41) is 4.41. The SMILES string of the molecule is Cc1nn(C)c(CC(Cc2ccccc2)NN)c1Br. The van der Waals surface area contributed by atoms with E-state index in [1.54, 1.807) is 0 Å². The third kappa shape index (κ3) is 3.43. The first-order chi connectivity index (χ1) is 9.11. The molecule has 5 heteroatoms. The van der Waals surface area contributed by atoms with Crippen molar-refractivity contribution < 1.29 is 0 Å². The number of halogens is 1. The van der Waals surface area contributed by atoms with Crippen molar-refractivity contribution in [3.8, 4) is 0 Å². The van der Waals surface area contributed by atoms with Crippen LogP contribution in [-0.4, -0.2) is 15.8 Å². The molecule has 0 radical (unpaired) electrons. The molecule has 1 heterocycles.